The van der Waals surface area contributed by atoms with E-state index in [4.69, 9.17) is 0 Å². The topological polar surface area (TPSA) is 0 Å². The predicted octanol–water partition coefficient (Wildman–Crippen LogP) is -0.916. The molecule has 3 aromatic carbocycles. The van der Waals surface area contributed by atoms with Gasteiger partial charge >= 0.3 is 164 Å². The summed E-state index contributed by atoms with van der Waals surface area (Å²) in [6.07, 6.45) is 7.26. The van der Waals surface area contributed by atoms with Crippen LogP contribution in [0.25, 0.3) is 17.2 Å². The zero-order chi connectivity index (χ0) is 16.5. The minimum absolute atomic E-state index is 0. The predicted molar refractivity (Wildman–Crippen MR) is 99.0 cm³/mol. The van der Waals surface area contributed by atoms with Gasteiger partial charge in [0, 0.05) is 0 Å². The van der Waals surface area contributed by atoms with Crippen molar-refractivity contribution in [1.82, 2.24) is 0 Å². The van der Waals surface area contributed by atoms with Gasteiger partial charge in [0.2, 0.25) is 0 Å². The van der Waals surface area contributed by atoms with E-state index in [1.54, 1.807) is 50.2 Å². The molecular formula is C24H17Cl2Zr. The zero-order valence-corrected chi connectivity index (χ0v) is 18.6. The van der Waals surface area contributed by atoms with E-state index in [1.165, 1.54) is 35.1 Å². The Balaban J connectivity index is 0.000000900. The van der Waals surface area contributed by atoms with Crippen LogP contribution in [0.2, 0.25) is 0 Å². The summed E-state index contributed by atoms with van der Waals surface area (Å²) in [5.41, 5.74) is 12.3. The van der Waals surface area contributed by atoms with Crippen molar-refractivity contribution in [2.24, 2.45) is 0 Å². The van der Waals surface area contributed by atoms with Crippen LogP contribution in [0, 0.1) is 0 Å². The van der Waals surface area contributed by atoms with Crippen molar-refractivity contribution < 1.29 is 49.5 Å². The van der Waals surface area contributed by atoms with Crippen molar-refractivity contribution in [3.63, 3.8) is 0 Å². The second-order valence-corrected chi connectivity index (χ2v) is 8.65. The number of allylic oxidation sites excluding steroid dienone is 1. The van der Waals surface area contributed by atoms with Gasteiger partial charge < -0.3 is 24.8 Å². The van der Waals surface area contributed by atoms with E-state index in [-0.39, 0.29) is 24.8 Å². The summed E-state index contributed by atoms with van der Waals surface area (Å²) in [5, 5.41) is 0. The van der Waals surface area contributed by atoms with Gasteiger partial charge in [-0.05, 0) is 0 Å². The molecule has 0 radical (unpaired) electrons. The van der Waals surface area contributed by atoms with Crippen LogP contribution in [0.1, 0.15) is 51.6 Å². The van der Waals surface area contributed by atoms with Gasteiger partial charge in [0.15, 0.2) is 0 Å². The second kappa shape index (κ2) is 7.03. The Morgan fingerprint density at radius 1 is 0.815 bits per heavy atom. The monoisotopic (exact) mass is 465 g/mol. The van der Waals surface area contributed by atoms with Crippen LogP contribution >= 0.6 is 0 Å². The summed E-state index contributed by atoms with van der Waals surface area (Å²) in [7, 11) is 0. The first-order valence-corrected chi connectivity index (χ1v) is 10.3. The first-order chi connectivity index (χ1) is 12.3. The zero-order valence-electron chi connectivity index (χ0n) is 14.7. The Morgan fingerprint density at radius 2 is 1.56 bits per heavy atom. The standard InChI is InChI=1S/C24H17.2ClH.Zr/c1-2-6-18-15(5-1)9-11-19(18)17-13-16-10-12-22-20-7-3-4-8-21(20)23(14-17)24(16)22;;;/h1-9,11,14,19,22H,10,12H2;2*1H;/q;;;+2/p-2. The van der Waals surface area contributed by atoms with Crippen LogP contribution in [-0.2, 0) is 31.1 Å². The molecule has 0 N–H and O–H groups in total. The Morgan fingerprint density at radius 3 is 2.41 bits per heavy atom. The molecule has 0 bridgehead atoms. The molecule has 0 aromatic heterocycles. The van der Waals surface area contributed by atoms with Crippen LogP contribution in [0.4, 0.5) is 0 Å². The quantitative estimate of drug-likeness (QED) is 0.435. The molecule has 0 aliphatic heterocycles. The van der Waals surface area contributed by atoms with Crippen molar-refractivity contribution in [3.8, 4) is 11.1 Å². The van der Waals surface area contributed by atoms with Gasteiger partial charge in [0.25, 0.3) is 0 Å². The summed E-state index contributed by atoms with van der Waals surface area (Å²) in [4.78, 5) is 0. The van der Waals surface area contributed by atoms with Gasteiger partial charge in [0.1, 0.15) is 0 Å². The number of fused-ring (bicyclic) bond motifs is 4. The molecule has 2 unspecified atom stereocenters. The van der Waals surface area contributed by atoms with Gasteiger partial charge in [-0.1, -0.05) is 0 Å². The molecule has 3 aromatic rings. The number of benzene rings is 3. The SMILES string of the molecule is [Cl-].[Cl-].[Zr+2][c]1c(C2C=Cc3ccccc32)cc2c3c1CCC3c1ccccc1-2. The fourth-order valence-electron chi connectivity index (χ4n) is 5.21. The molecule has 2 atom stereocenters. The molecule has 131 valence electrons. The third-order valence-electron chi connectivity index (χ3n) is 6.30. The van der Waals surface area contributed by atoms with Crippen molar-refractivity contribution in [3.05, 3.63) is 94.1 Å². The van der Waals surface area contributed by atoms with Crippen molar-refractivity contribution in [2.45, 2.75) is 24.7 Å². The summed E-state index contributed by atoms with van der Waals surface area (Å²) >= 11 is 1.56. The molecule has 27 heavy (non-hydrogen) atoms. The first kappa shape index (κ1) is 19.2. The molecule has 0 saturated heterocycles. The van der Waals surface area contributed by atoms with Gasteiger partial charge in [-0.15, -0.1) is 0 Å². The average molecular weight is 468 g/mol. The molecule has 6 rings (SSSR count). The van der Waals surface area contributed by atoms with Crippen LogP contribution in [-0.4, -0.2) is 0 Å². The Kier molecular flexibility index (Phi) is 5.00. The summed E-state index contributed by atoms with van der Waals surface area (Å²) in [6.45, 7) is 0. The third-order valence-corrected chi connectivity index (χ3v) is 7.75. The number of hydrogen-bond donors (Lipinski definition) is 0. The van der Waals surface area contributed by atoms with Crippen LogP contribution in [0.15, 0.2) is 60.7 Å². The summed E-state index contributed by atoms with van der Waals surface area (Å²) in [5.74, 6) is 1.08. The first-order valence-electron chi connectivity index (χ1n) is 9.10. The summed E-state index contributed by atoms with van der Waals surface area (Å²) < 4.78 is 1.62. The van der Waals surface area contributed by atoms with Crippen molar-refractivity contribution >= 4 is 9.35 Å². The van der Waals surface area contributed by atoms with Gasteiger partial charge in [-0.3, -0.25) is 0 Å². The van der Waals surface area contributed by atoms with Gasteiger partial charge in [-0.25, -0.2) is 0 Å². The number of halogens is 2. The Bertz CT molecular complexity index is 1080. The maximum atomic E-state index is 2.53. The normalized spacial score (nSPS) is 19.8. The molecule has 0 saturated carbocycles. The fourth-order valence-corrected chi connectivity index (χ4v) is 6.41. The van der Waals surface area contributed by atoms with Crippen molar-refractivity contribution in [1.29, 1.82) is 0 Å². The molecule has 0 amide bonds. The average Bonchev–Trinajstić information content (AvgIpc) is 3.34. The molecule has 0 spiro atoms. The maximum absolute atomic E-state index is 2.53. The van der Waals surface area contributed by atoms with Gasteiger partial charge in [0.05, 0.1) is 0 Å². The van der Waals surface area contributed by atoms with Crippen LogP contribution in [0.5, 0.6) is 0 Å². The van der Waals surface area contributed by atoms with E-state index in [1.807, 2.05) is 0 Å². The Hall–Kier alpha value is -1.14. The van der Waals surface area contributed by atoms with E-state index < -0.39 is 0 Å². The van der Waals surface area contributed by atoms with Crippen molar-refractivity contribution in [2.75, 3.05) is 0 Å². The molecular weight excluding hydrogens is 450 g/mol. The fraction of sp³-hybridized carbons (Fsp3) is 0.167. The van der Waals surface area contributed by atoms with Gasteiger partial charge in [-0.2, -0.15) is 0 Å². The van der Waals surface area contributed by atoms with E-state index >= 15 is 0 Å². The molecule has 3 aliphatic carbocycles. The van der Waals surface area contributed by atoms with Crippen LogP contribution < -0.4 is 28.1 Å². The van der Waals surface area contributed by atoms with E-state index in [0.717, 1.165) is 0 Å². The van der Waals surface area contributed by atoms with E-state index in [9.17, 15) is 0 Å². The molecule has 0 fully saturated rings. The molecule has 3 aliphatic rings. The molecule has 0 nitrogen and oxygen atoms in total. The van der Waals surface area contributed by atoms with Crippen LogP contribution in [0.3, 0.4) is 0 Å². The Labute approximate surface area is 187 Å². The second-order valence-electron chi connectivity index (χ2n) is 7.42. The molecule has 3 heteroatoms. The molecule has 0 heterocycles. The minimum atomic E-state index is 0. The summed E-state index contributed by atoms with van der Waals surface area (Å²) in [6, 6.07) is 20.5. The number of rotatable bonds is 1. The third kappa shape index (κ3) is 2.59. The van der Waals surface area contributed by atoms with E-state index in [2.05, 4.69) is 66.7 Å². The van der Waals surface area contributed by atoms with E-state index in [0.29, 0.717) is 11.8 Å². The number of hydrogen-bond acceptors (Lipinski definition) is 0.